The number of benzene rings is 1. The van der Waals surface area contributed by atoms with Gasteiger partial charge in [0.25, 0.3) is 0 Å². The van der Waals surface area contributed by atoms with Gasteiger partial charge in [-0.2, -0.15) is 0 Å². The summed E-state index contributed by atoms with van der Waals surface area (Å²) in [6.07, 6.45) is 1.78. The number of halogens is 1. The summed E-state index contributed by atoms with van der Waals surface area (Å²) in [5.41, 5.74) is 7.90. The molecule has 0 bridgehead atoms. The molecule has 0 spiro atoms. The molecule has 2 heterocycles. The number of aliphatic imine (C=N–C) groups is 1. The highest BCUT2D eigenvalue weighted by atomic mass is 79.9. The Morgan fingerprint density at radius 1 is 1.29 bits per heavy atom. The van der Waals surface area contributed by atoms with Crippen molar-refractivity contribution in [3.8, 4) is 5.75 Å². The highest BCUT2D eigenvalue weighted by molar-refractivity contribution is 9.10. The lowest BCUT2D eigenvalue weighted by molar-refractivity contribution is 0.415. The number of pyridine rings is 1. The second-order valence-corrected chi connectivity index (χ2v) is 5.57. The number of hydrogen-bond acceptors (Lipinski definition) is 5. The van der Waals surface area contributed by atoms with Crippen LogP contribution in [0, 0.1) is 0 Å². The molecule has 108 valence electrons. The predicted molar refractivity (Wildman–Crippen MR) is 86.6 cm³/mol. The van der Waals surface area contributed by atoms with Crippen LogP contribution in [0.15, 0.2) is 52.1 Å². The first kappa shape index (κ1) is 13.9. The average Bonchev–Trinajstić information content (AvgIpc) is 2.89. The summed E-state index contributed by atoms with van der Waals surface area (Å²) in [6, 6.07) is 11.7. The van der Waals surface area contributed by atoms with Gasteiger partial charge in [0.15, 0.2) is 5.96 Å². The maximum absolute atomic E-state index is 6.08. The number of methoxy groups -OCH3 is 1. The topological polar surface area (TPSA) is 63.7 Å². The van der Waals surface area contributed by atoms with Crippen LogP contribution < -0.4 is 15.4 Å². The van der Waals surface area contributed by atoms with Gasteiger partial charge in [-0.25, -0.2) is 0 Å². The maximum Gasteiger partial charge on any atom is 0.196 e. The van der Waals surface area contributed by atoms with E-state index in [0.717, 1.165) is 21.6 Å². The Hall–Kier alpha value is -2.08. The number of aromatic nitrogens is 1. The molecule has 0 aliphatic carbocycles. The van der Waals surface area contributed by atoms with Crippen LogP contribution in [-0.4, -0.2) is 24.6 Å². The molecule has 5 nitrogen and oxygen atoms in total. The molecule has 0 fully saturated rings. The summed E-state index contributed by atoms with van der Waals surface area (Å²) in [4.78, 5) is 10.8. The third-order valence-corrected chi connectivity index (χ3v) is 3.89. The van der Waals surface area contributed by atoms with Crippen LogP contribution in [0.2, 0.25) is 0 Å². The number of hydrogen-bond donors (Lipinski definition) is 1. The monoisotopic (exact) mass is 346 g/mol. The van der Waals surface area contributed by atoms with Gasteiger partial charge < -0.3 is 10.5 Å². The minimum absolute atomic E-state index is 0.0191. The van der Waals surface area contributed by atoms with E-state index in [1.807, 2.05) is 41.3 Å². The van der Waals surface area contributed by atoms with Crippen molar-refractivity contribution in [3.63, 3.8) is 0 Å². The number of anilines is 1. The van der Waals surface area contributed by atoms with Crippen LogP contribution in [0.1, 0.15) is 11.7 Å². The molecule has 0 saturated heterocycles. The Bertz CT molecular complexity index is 672. The summed E-state index contributed by atoms with van der Waals surface area (Å²) < 4.78 is 6.38. The molecule has 0 saturated carbocycles. The van der Waals surface area contributed by atoms with E-state index in [-0.39, 0.29) is 6.04 Å². The molecule has 1 unspecified atom stereocenters. The van der Waals surface area contributed by atoms with Crippen molar-refractivity contribution in [2.75, 3.05) is 18.6 Å². The van der Waals surface area contributed by atoms with Crippen LogP contribution in [0.4, 0.5) is 5.69 Å². The number of ether oxygens (including phenoxy) is 1. The smallest absolute Gasteiger partial charge is 0.196 e. The number of para-hydroxylation sites is 2. The molecule has 1 aliphatic rings. The van der Waals surface area contributed by atoms with E-state index in [0.29, 0.717) is 12.5 Å². The fourth-order valence-electron chi connectivity index (χ4n) is 2.43. The number of nitrogens with zero attached hydrogens (tertiary/aromatic N) is 3. The summed E-state index contributed by atoms with van der Waals surface area (Å²) in [6.45, 7) is 0.582. The van der Waals surface area contributed by atoms with Gasteiger partial charge in [0.1, 0.15) is 5.75 Å². The van der Waals surface area contributed by atoms with Gasteiger partial charge in [0.05, 0.1) is 31.1 Å². The van der Waals surface area contributed by atoms with Crippen molar-refractivity contribution in [1.29, 1.82) is 0 Å². The lowest BCUT2D eigenvalue weighted by atomic mass is 10.1. The second kappa shape index (κ2) is 5.73. The van der Waals surface area contributed by atoms with E-state index < -0.39 is 0 Å². The normalized spacial score (nSPS) is 17.7. The molecule has 6 heteroatoms. The van der Waals surface area contributed by atoms with Gasteiger partial charge in [0, 0.05) is 10.7 Å². The van der Waals surface area contributed by atoms with E-state index in [2.05, 4.69) is 25.9 Å². The minimum atomic E-state index is -0.0191. The molecule has 1 aromatic heterocycles. The summed E-state index contributed by atoms with van der Waals surface area (Å²) in [5, 5.41) is 0. The Kier molecular flexibility index (Phi) is 3.79. The van der Waals surface area contributed by atoms with Crippen molar-refractivity contribution >= 4 is 27.6 Å². The first-order chi connectivity index (χ1) is 10.2. The lowest BCUT2D eigenvalue weighted by Crippen LogP contribution is -2.36. The molecule has 0 amide bonds. The van der Waals surface area contributed by atoms with Crippen LogP contribution in [0.5, 0.6) is 5.75 Å². The van der Waals surface area contributed by atoms with Gasteiger partial charge in [-0.1, -0.05) is 12.1 Å². The fraction of sp³-hybridized carbons (Fsp3) is 0.200. The quantitative estimate of drug-likeness (QED) is 0.927. The molecule has 2 N–H and O–H groups in total. The zero-order valence-electron chi connectivity index (χ0n) is 11.5. The molecule has 21 heavy (non-hydrogen) atoms. The summed E-state index contributed by atoms with van der Waals surface area (Å²) in [5.74, 6) is 1.24. The van der Waals surface area contributed by atoms with Gasteiger partial charge in [-0.05, 0) is 40.2 Å². The Labute approximate surface area is 131 Å². The van der Waals surface area contributed by atoms with Crippen LogP contribution in [-0.2, 0) is 0 Å². The average molecular weight is 347 g/mol. The molecular weight excluding hydrogens is 332 g/mol. The van der Waals surface area contributed by atoms with Crippen molar-refractivity contribution in [1.82, 2.24) is 4.98 Å². The Morgan fingerprint density at radius 3 is 2.81 bits per heavy atom. The molecule has 1 atom stereocenters. The standard InChI is InChI=1S/C15H15BrN4O/c1-21-14-5-3-2-4-12(14)20-13(9-19-15(20)17)11-7-6-10(16)8-18-11/h2-8,13H,9H2,1H3,(H2,17,19). The number of guanidine groups is 1. The maximum atomic E-state index is 6.08. The third-order valence-electron chi connectivity index (χ3n) is 3.42. The Morgan fingerprint density at radius 2 is 2.10 bits per heavy atom. The first-order valence-corrected chi connectivity index (χ1v) is 7.33. The zero-order valence-corrected chi connectivity index (χ0v) is 13.1. The van der Waals surface area contributed by atoms with E-state index in [1.54, 1.807) is 13.3 Å². The van der Waals surface area contributed by atoms with Crippen LogP contribution in [0.25, 0.3) is 0 Å². The summed E-state index contributed by atoms with van der Waals surface area (Å²) in [7, 11) is 1.65. The van der Waals surface area contributed by atoms with Crippen LogP contribution in [0.3, 0.4) is 0 Å². The van der Waals surface area contributed by atoms with Gasteiger partial charge in [0.2, 0.25) is 0 Å². The second-order valence-electron chi connectivity index (χ2n) is 4.66. The van der Waals surface area contributed by atoms with E-state index in [4.69, 9.17) is 10.5 Å². The molecular formula is C15H15BrN4O. The molecule has 0 radical (unpaired) electrons. The number of rotatable bonds is 3. The highest BCUT2D eigenvalue weighted by Gasteiger charge is 2.31. The largest absolute Gasteiger partial charge is 0.495 e. The van der Waals surface area contributed by atoms with Crippen molar-refractivity contribution in [2.24, 2.45) is 10.7 Å². The van der Waals surface area contributed by atoms with E-state index in [9.17, 15) is 0 Å². The molecule has 1 aliphatic heterocycles. The predicted octanol–water partition coefficient (Wildman–Crippen LogP) is 2.73. The fourth-order valence-corrected chi connectivity index (χ4v) is 2.66. The van der Waals surface area contributed by atoms with Gasteiger partial charge in [-0.15, -0.1) is 0 Å². The van der Waals surface area contributed by atoms with Gasteiger partial charge >= 0.3 is 0 Å². The van der Waals surface area contributed by atoms with Gasteiger partial charge in [-0.3, -0.25) is 14.9 Å². The van der Waals surface area contributed by atoms with Crippen molar-refractivity contribution in [3.05, 3.63) is 52.8 Å². The van der Waals surface area contributed by atoms with Crippen molar-refractivity contribution in [2.45, 2.75) is 6.04 Å². The SMILES string of the molecule is COc1ccccc1N1C(N)=NCC1c1ccc(Br)cn1. The molecule has 3 rings (SSSR count). The first-order valence-electron chi connectivity index (χ1n) is 6.54. The summed E-state index contributed by atoms with van der Waals surface area (Å²) >= 11 is 3.40. The van der Waals surface area contributed by atoms with Crippen LogP contribution >= 0.6 is 15.9 Å². The zero-order chi connectivity index (χ0) is 14.8. The Balaban J connectivity index is 2.01. The molecule has 2 aromatic rings. The highest BCUT2D eigenvalue weighted by Crippen LogP contribution is 2.36. The third kappa shape index (κ3) is 2.58. The van der Waals surface area contributed by atoms with E-state index in [1.165, 1.54) is 0 Å². The number of nitrogens with two attached hydrogens (primary N) is 1. The molecule has 1 aromatic carbocycles. The van der Waals surface area contributed by atoms with E-state index >= 15 is 0 Å². The minimum Gasteiger partial charge on any atom is -0.495 e. The van der Waals surface area contributed by atoms with Crippen molar-refractivity contribution < 1.29 is 4.74 Å². The lowest BCUT2D eigenvalue weighted by Gasteiger charge is -2.27.